The minimum absolute atomic E-state index is 0.302. The van der Waals surface area contributed by atoms with Crippen LogP contribution in [-0.4, -0.2) is 35.3 Å². The average Bonchev–Trinajstić information content (AvgIpc) is 2.78. The molecule has 2 nitrogen and oxygen atoms in total. The van der Waals surface area contributed by atoms with Crippen molar-refractivity contribution < 1.29 is 13.2 Å². The summed E-state index contributed by atoms with van der Waals surface area (Å²) in [4.78, 5) is 1.54. The number of para-hydroxylation sites is 1. The number of fused-ring (bicyclic) bond motifs is 1. The van der Waals surface area contributed by atoms with E-state index in [9.17, 15) is 13.2 Å². The lowest BCUT2D eigenvalue weighted by molar-refractivity contribution is -0.149. The predicted octanol–water partition coefficient (Wildman–Crippen LogP) is 5.09. The number of alkyl halides is 3. The zero-order valence-electron chi connectivity index (χ0n) is 14.5. The zero-order chi connectivity index (χ0) is 17.5. The van der Waals surface area contributed by atoms with Crippen LogP contribution in [0.2, 0.25) is 0 Å². The van der Waals surface area contributed by atoms with Crippen molar-refractivity contribution in [3.05, 3.63) is 35.5 Å². The first-order chi connectivity index (χ1) is 11.3. The van der Waals surface area contributed by atoms with Gasteiger partial charge in [0.2, 0.25) is 0 Å². The second kappa shape index (κ2) is 6.43. The van der Waals surface area contributed by atoms with Crippen LogP contribution in [0.3, 0.4) is 0 Å². The molecule has 0 aliphatic carbocycles. The molecule has 1 unspecified atom stereocenters. The maximum absolute atomic E-state index is 12.5. The first kappa shape index (κ1) is 17.3. The maximum Gasteiger partial charge on any atom is 0.401 e. The molecule has 2 aromatic rings. The van der Waals surface area contributed by atoms with Crippen LogP contribution in [0.4, 0.5) is 13.2 Å². The van der Waals surface area contributed by atoms with Crippen LogP contribution in [0.15, 0.2) is 24.3 Å². The third-order valence-electron chi connectivity index (χ3n) is 5.60. The minimum atomic E-state index is -4.09. The Bertz CT molecular complexity index is 709. The highest BCUT2D eigenvalue weighted by atomic mass is 19.4. The molecule has 0 amide bonds. The van der Waals surface area contributed by atoms with Crippen LogP contribution < -0.4 is 0 Å². The van der Waals surface area contributed by atoms with E-state index in [2.05, 4.69) is 49.6 Å². The number of halogens is 3. The number of hydrogen-bond acceptors (Lipinski definition) is 1. The molecule has 24 heavy (non-hydrogen) atoms. The van der Waals surface area contributed by atoms with Gasteiger partial charge in [0.15, 0.2) is 0 Å². The molecule has 0 radical (unpaired) electrons. The molecule has 0 N–H and O–H groups in total. The van der Waals surface area contributed by atoms with Gasteiger partial charge in [-0.05, 0) is 64.3 Å². The molecule has 3 rings (SSSR count). The standard InChI is InChI=1S/C19H25F3N2/c1-13-14(2)24(18-7-5-4-6-17(13)18)15(3)16-8-10-23(11-9-16)12-19(20,21)22/h4-7,15-16H,8-12H2,1-3H3. The summed E-state index contributed by atoms with van der Waals surface area (Å²) in [6.07, 6.45) is -2.45. The smallest absolute Gasteiger partial charge is 0.342 e. The Balaban J connectivity index is 1.77. The maximum atomic E-state index is 12.5. The fourth-order valence-electron chi connectivity index (χ4n) is 4.14. The number of aromatic nitrogens is 1. The first-order valence-electron chi connectivity index (χ1n) is 8.63. The molecule has 1 fully saturated rings. The number of rotatable bonds is 3. The molecule has 1 aromatic heterocycles. The number of aryl methyl sites for hydroxylation is 1. The van der Waals surface area contributed by atoms with E-state index in [0.29, 0.717) is 25.0 Å². The predicted molar refractivity (Wildman–Crippen MR) is 91.3 cm³/mol. The van der Waals surface area contributed by atoms with E-state index in [4.69, 9.17) is 0 Å². The second-order valence-electron chi connectivity index (χ2n) is 7.07. The fourth-order valence-corrected chi connectivity index (χ4v) is 4.14. The summed E-state index contributed by atoms with van der Waals surface area (Å²) in [6.45, 7) is 6.79. The number of benzene rings is 1. The lowest BCUT2D eigenvalue weighted by atomic mass is 9.90. The normalized spacial score (nSPS) is 19.1. The van der Waals surface area contributed by atoms with E-state index in [1.807, 2.05) is 0 Å². The summed E-state index contributed by atoms with van der Waals surface area (Å²) in [5, 5.41) is 1.27. The Morgan fingerprint density at radius 2 is 1.75 bits per heavy atom. The Labute approximate surface area is 141 Å². The average molecular weight is 338 g/mol. The van der Waals surface area contributed by atoms with E-state index in [1.165, 1.54) is 27.1 Å². The fraction of sp³-hybridized carbons (Fsp3) is 0.579. The third kappa shape index (κ3) is 3.32. The summed E-state index contributed by atoms with van der Waals surface area (Å²) < 4.78 is 40.0. The zero-order valence-corrected chi connectivity index (χ0v) is 14.5. The highest BCUT2D eigenvalue weighted by molar-refractivity contribution is 5.85. The molecule has 2 heterocycles. The molecule has 1 aliphatic rings. The van der Waals surface area contributed by atoms with Crippen molar-refractivity contribution in [2.45, 2.75) is 45.8 Å². The first-order valence-corrected chi connectivity index (χ1v) is 8.63. The summed E-state index contributed by atoms with van der Waals surface area (Å²) in [7, 11) is 0. The monoisotopic (exact) mass is 338 g/mol. The van der Waals surface area contributed by atoms with Gasteiger partial charge >= 0.3 is 6.18 Å². The Morgan fingerprint density at radius 3 is 2.38 bits per heavy atom. The van der Waals surface area contributed by atoms with Gasteiger partial charge in [-0.25, -0.2) is 0 Å². The molecule has 1 saturated heterocycles. The molecule has 1 aromatic carbocycles. The van der Waals surface area contributed by atoms with Crippen LogP contribution in [0.25, 0.3) is 10.9 Å². The molecular weight excluding hydrogens is 313 g/mol. The van der Waals surface area contributed by atoms with Crippen molar-refractivity contribution in [2.24, 2.45) is 5.92 Å². The van der Waals surface area contributed by atoms with Crippen LogP contribution in [0.1, 0.15) is 37.1 Å². The molecule has 0 spiro atoms. The van der Waals surface area contributed by atoms with Crippen LogP contribution in [0, 0.1) is 19.8 Å². The van der Waals surface area contributed by atoms with Gasteiger partial charge in [0.1, 0.15) is 0 Å². The van der Waals surface area contributed by atoms with Crippen LogP contribution >= 0.6 is 0 Å². The number of hydrogen-bond donors (Lipinski definition) is 0. The van der Waals surface area contributed by atoms with E-state index in [0.717, 1.165) is 12.8 Å². The van der Waals surface area contributed by atoms with Crippen molar-refractivity contribution >= 4 is 10.9 Å². The summed E-state index contributed by atoms with van der Waals surface area (Å²) in [5.41, 5.74) is 3.80. The molecule has 1 aliphatic heterocycles. The Hall–Kier alpha value is -1.49. The third-order valence-corrected chi connectivity index (χ3v) is 5.60. The van der Waals surface area contributed by atoms with Crippen LogP contribution in [0.5, 0.6) is 0 Å². The van der Waals surface area contributed by atoms with Gasteiger partial charge in [-0.1, -0.05) is 18.2 Å². The minimum Gasteiger partial charge on any atom is -0.342 e. The summed E-state index contributed by atoms with van der Waals surface area (Å²) in [5.74, 6) is 0.420. The highest BCUT2D eigenvalue weighted by Crippen LogP contribution is 2.35. The van der Waals surface area contributed by atoms with Crippen molar-refractivity contribution in [1.82, 2.24) is 9.47 Å². The number of piperidine rings is 1. The molecule has 5 heteroatoms. The molecule has 0 saturated carbocycles. The van der Waals surface area contributed by atoms with E-state index in [1.54, 1.807) is 0 Å². The van der Waals surface area contributed by atoms with Gasteiger partial charge in [-0.15, -0.1) is 0 Å². The quantitative estimate of drug-likeness (QED) is 0.756. The number of likely N-dealkylation sites (tertiary alicyclic amines) is 1. The van der Waals surface area contributed by atoms with Crippen molar-refractivity contribution in [3.63, 3.8) is 0 Å². The molecular formula is C19H25F3N2. The van der Waals surface area contributed by atoms with E-state index < -0.39 is 12.7 Å². The van der Waals surface area contributed by atoms with Crippen molar-refractivity contribution in [1.29, 1.82) is 0 Å². The lowest BCUT2D eigenvalue weighted by Crippen LogP contribution is -2.41. The largest absolute Gasteiger partial charge is 0.401 e. The molecule has 1 atom stereocenters. The summed E-state index contributed by atoms with van der Waals surface area (Å²) in [6, 6.07) is 8.70. The van der Waals surface area contributed by atoms with Gasteiger partial charge < -0.3 is 4.57 Å². The van der Waals surface area contributed by atoms with Crippen molar-refractivity contribution in [2.75, 3.05) is 19.6 Å². The van der Waals surface area contributed by atoms with E-state index >= 15 is 0 Å². The lowest BCUT2D eigenvalue weighted by Gasteiger charge is -2.36. The van der Waals surface area contributed by atoms with E-state index in [-0.39, 0.29) is 0 Å². The van der Waals surface area contributed by atoms with Gasteiger partial charge in [-0.3, -0.25) is 4.90 Å². The molecule has 0 bridgehead atoms. The topological polar surface area (TPSA) is 8.17 Å². The van der Waals surface area contributed by atoms with Crippen molar-refractivity contribution in [3.8, 4) is 0 Å². The van der Waals surface area contributed by atoms with Gasteiger partial charge in [0.25, 0.3) is 0 Å². The molecule has 132 valence electrons. The summed E-state index contributed by atoms with van der Waals surface area (Å²) >= 11 is 0. The highest BCUT2D eigenvalue weighted by Gasteiger charge is 2.34. The van der Waals surface area contributed by atoms with Crippen LogP contribution in [-0.2, 0) is 0 Å². The Kier molecular flexibility index (Phi) is 4.65. The Morgan fingerprint density at radius 1 is 1.12 bits per heavy atom. The van der Waals surface area contributed by atoms with Gasteiger partial charge in [0, 0.05) is 22.6 Å². The van der Waals surface area contributed by atoms with Gasteiger partial charge in [-0.2, -0.15) is 13.2 Å². The SMILES string of the molecule is Cc1c(C)n(C(C)C2CCN(CC(F)(F)F)CC2)c2ccccc12. The number of nitrogens with zero attached hydrogens (tertiary/aromatic N) is 2. The van der Waals surface area contributed by atoms with Gasteiger partial charge in [0.05, 0.1) is 6.54 Å². The second-order valence-corrected chi connectivity index (χ2v) is 7.07.